The van der Waals surface area contributed by atoms with Gasteiger partial charge in [0.15, 0.2) is 0 Å². The second-order valence-electron chi connectivity index (χ2n) is 3.80. The summed E-state index contributed by atoms with van der Waals surface area (Å²) in [7, 11) is 0. The number of rotatable bonds is 2. The van der Waals surface area contributed by atoms with Crippen LogP contribution in [0, 0.1) is 29.9 Å². The van der Waals surface area contributed by atoms with Crippen LogP contribution in [-0.2, 0) is 0 Å². The standard InChI is InChI=1S/C14H9F2NO/c1-9-2-3-11(15)7-14(9)18-13-5-10(8-17)4-12(16)6-13/h2-7H,1H3. The highest BCUT2D eigenvalue weighted by molar-refractivity contribution is 5.41. The molecule has 2 nitrogen and oxygen atoms in total. The Bertz CT molecular complexity index is 632. The van der Waals surface area contributed by atoms with E-state index in [0.717, 1.165) is 17.7 Å². The van der Waals surface area contributed by atoms with Crippen molar-refractivity contribution < 1.29 is 13.5 Å². The zero-order valence-corrected chi connectivity index (χ0v) is 9.58. The van der Waals surface area contributed by atoms with E-state index < -0.39 is 11.6 Å². The summed E-state index contributed by atoms with van der Waals surface area (Å²) < 4.78 is 31.6. The van der Waals surface area contributed by atoms with E-state index >= 15 is 0 Å². The molecular weight excluding hydrogens is 236 g/mol. The SMILES string of the molecule is Cc1ccc(F)cc1Oc1cc(F)cc(C#N)c1. The maximum absolute atomic E-state index is 13.2. The van der Waals surface area contributed by atoms with Crippen LogP contribution in [0.3, 0.4) is 0 Å². The number of nitriles is 1. The van der Waals surface area contributed by atoms with Gasteiger partial charge in [0.25, 0.3) is 0 Å². The van der Waals surface area contributed by atoms with Gasteiger partial charge in [-0.25, -0.2) is 8.78 Å². The molecule has 0 amide bonds. The highest BCUT2D eigenvalue weighted by atomic mass is 19.1. The first-order valence-corrected chi connectivity index (χ1v) is 5.23. The smallest absolute Gasteiger partial charge is 0.133 e. The molecule has 18 heavy (non-hydrogen) atoms. The highest BCUT2D eigenvalue weighted by Crippen LogP contribution is 2.27. The number of nitrogens with zero attached hydrogens (tertiary/aromatic N) is 1. The van der Waals surface area contributed by atoms with E-state index in [2.05, 4.69) is 0 Å². The molecule has 2 rings (SSSR count). The van der Waals surface area contributed by atoms with Crippen molar-refractivity contribution in [1.82, 2.24) is 0 Å². The van der Waals surface area contributed by atoms with Crippen molar-refractivity contribution in [1.29, 1.82) is 5.26 Å². The molecule has 0 saturated carbocycles. The number of halogens is 2. The van der Waals surface area contributed by atoms with E-state index in [-0.39, 0.29) is 11.3 Å². The van der Waals surface area contributed by atoms with Crippen molar-refractivity contribution in [2.45, 2.75) is 6.92 Å². The van der Waals surface area contributed by atoms with Crippen LogP contribution in [0.15, 0.2) is 36.4 Å². The summed E-state index contributed by atoms with van der Waals surface area (Å²) in [6, 6.07) is 9.56. The molecule has 0 aliphatic heterocycles. The predicted octanol–water partition coefficient (Wildman–Crippen LogP) is 3.94. The Morgan fingerprint density at radius 2 is 1.83 bits per heavy atom. The molecule has 4 heteroatoms. The summed E-state index contributed by atoms with van der Waals surface area (Å²) in [6.07, 6.45) is 0. The average molecular weight is 245 g/mol. The van der Waals surface area contributed by atoms with Gasteiger partial charge in [-0.2, -0.15) is 5.26 Å². The lowest BCUT2D eigenvalue weighted by Gasteiger charge is -2.09. The van der Waals surface area contributed by atoms with E-state index in [1.54, 1.807) is 13.0 Å². The van der Waals surface area contributed by atoms with Gasteiger partial charge in [0.2, 0.25) is 0 Å². The van der Waals surface area contributed by atoms with E-state index in [9.17, 15) is 8.78 Å². The van der Waals surface area contributed by atoms with Crippen molar-refractivity contribution in [3.8, 4) is 17.6 Å². The zero-order valence-electron chi connectivity index (χ0n) is 9.58. The van der Waals surface area contributed by atoms with Crippen LogP contribution in [-0.4, -0.2) is 0 Å². The Labute approximate surface area is 103 Å². The average Bonchev–Trinajstić information content (AvgIpc) is 2.33. The molecule has 90 valence electrons. The van der Waals surface area contributed by atoms with E-state index in [4.69, 9.17) is 10.00 Å². The van der Waals surface area contributed by atoms with Gasteiger partial charge in [-0.3, -0.25) is 0 Å². The maximum atomic E-state index is 13.2. The minimum absolute atomic E-state index is 0.152. The molecule has 0 radical (unpaired) electrons. The fraction of sp³-hybridized carbons (Fsp3) is 0.0714. The molecule has 0 unspecified atom stereocenters. The number of ether oxygens (including phenoxy) is 1. The van der Waals surface area contributed by atoms with Crippen molar-refractivity contribution in [2.24, 2.45) is 0 Å². The first-order valence-electron chi connectivity index (χ1n) is 5.23. The van der Waals surface area contributed by atoms with Crippen molar-refractivity contribution in [2.75, 3.05) is 0 Å². The Hall–Kier alpha value is -2.41. The van der Waals surface area contributed by atoms with Crippen molar-refractivity contribution in [3.05, 3.63) is 59.2 Å². The first-order chi connectivity index (χ1) is 8.58. The van der Waals surface area contributed by atoms with Gasteiger partial charge in [0.05, 0.1) is 11.6 Å². The minimum Gasteiger partial charge on any atom is -0.457 e. The third-order valence-corrected chi connectivity index (χ3v) is 2.38. The molecule has 0 aliphatic rings. The molecular formula is C14H9F2NO. The van der Waals surface area contributed by atoms with Gasteiger partial charge < -0.3 is 4.74 Å². The van der Waals surface area contributed by atoms with Crippen molar-refractivity contribution in [3.63, 3.8) is 0 Å². The molecule has 2 aromatic rings. The number of aryl methyl sites for hydroxylation is 1. The molecule has 0 fully saturated rings. The lowest BCUT2D eigenvalue weighted by atomic mass is 10.2. The lowest BCUT2D eigenvalue weighted by molar-refractivity contribution is 0.467. The summed E-state index contributed by atoms with van der Waals surface area (Å²) in [5.41, 5.74) is 0.873. The van der Waals surface area contributed by atoms with Crippen molar-refractivity contribution >= 4 is 0 Å². The van der Waals surface area contributed by atoms with Gasteiger partial charge in [-0.15, -0.1) is 0 Å². The van der Waals surface area contributed by atoms with Gasteiger partial charge in [-0.1, -0.05) is 6.07 Å². The normalized spacial score (nSPS) is 9.89. The summed E-state index contributed by atoms with van der Waals surface area (Å²) >= 11 is 0. The highest BCUT2D eigenvalue weighted by Gasteiger charge is 2.06. The summed E-state index contributed by atoms with van der Waals surface area (Å²) in [6.45, 7) is 1.75. The van der Waals surface area contributed by atoms with Crippen LogP contribution in [0.1, 0.15) is 11.1 Å². The van der Waals surface area contributed by atoms with Gasteiger partial charge in [0, 0.05) is 12.1 Å². The van der Waals surface area contributed by atoms with E-state index in [1.807, 2.05) is 6.07 Å². The number of hydrogen-bond donors (Lipinski definition) is 0. The lowest BCUT2D eigenvalue weighted by Crippen LogP contribution is -1.90. The summed E-state index contributed by atoms with van der Waals surface area (Å²) in [5, 5.41) is 8.72. The molecule has 2 aromatic carbocycles. The molecule has 0 spiro atoms. The van der Waals surface area contributed by atoms with Gasteiger partial charge in [0.1, 0.15) is 23.1 Å². The first kappa shape index (κ1) is 12.1. The largest absolute Gasteiger partial charge is 0.457 e. The molecule has 0 bridgehead atoms. The number of hydrogen-bond acceptors (Lipinski definition) is 2. The topological polar surface area (TPSA) is 33.0 Å². The minimum atomic E-state index is -0.571. The molecule has 0 saturated heterocycles. The van der Waals surface area contributed by atoms with Crippen LogP contribution in [0.2, 0.25) is 0 Å². The second-order valence-corrected chi connectivity index (χ2v) is 3.80. The zero-order chi connectivity index (χ0) is 13.1. The molecule has 0 atom stereocenters. The second kappa shape index (κ2) is 4.84. The van der Waals surface area contributed by atoms with Crippen LogP contribution >= 0.6 is 0 Å². The molecule has 0 aromatic heterocycles. The maximum Gasteiger partial charge on any atom is 0.133 e. The molecule has 0 heterocycles. The summed E-state index contributed by atoms with van der Waals surface area (Å²) in [5.74, 6) is -0.546. The van der Waals surface area contributed by atoms with E-state index in [1.165, 1.54) is 18.2 Å². The van der Waals surface area contributed by atoms with Crippen LogP contribution in [0.5, 0.6) is 11.5 Å². The van der Waals surface area contributed by atoms with Gasteiger partial charge >= 0.3 is 0 Å². The Balaban J connectivity index is 2.37. The fourth-order valence-electron chi connectivity index (χ4n) is 1.50. The quantitative estimate of drug-likeness (QED) is 0.802. The van der Waals surface area contributed by atoms with Gasteiger partial charge in [-0.05, 0) is 30.7 Å². The molecule has 0 N–H and O–H groups in total. The fourth-order valence-corrected chi connectivity index (χ4v) is 1.50. The number of benzene rings is 2. The Morgan fingerprint density at radius 3 is 2.56 bits per heavy atom. The Kier molecular flexibility index (Phi) is 3.24. The van der Waals surface area contributed by atoms with Crippen LogP contribution in [0.4, 0.5) is 8.78 Å². The Morgan fingerprint density at radius 1 is 1.06 bits per heavy atom. The van der Waals surface area contributed by atoms with E-state index in [0.29, 0.717) is 5.75 Å². The third-order valence-electron chi connectivity index (χ3n) is 2.38. The monoisotopic (exact) mass is 245 g/mol. The van der Waals surface area contributed by atoms with Crippen LogP contribution < -0.4 is 4.74 Å². The molecule has 0 aliphatic carbocycles. The predicted molar refractivity (Wildman–Crippen MR) is 62.3 cm³/mol. The summed E-state index contributed by atoms with van der Waals surface area (Å²) in [4.78, 5) is 0. The third kappa shape index (κ3) is 2.64. The van der Waals surface area contributed by atoms with Crippen LogP contribution in [0.25, 0.3) is 0 Å².